The summed E-state index contributed by atoms with van der Waals surface area (Å²) in [6, 6.07) is 0. The van der Waals surface area contributed by atoms with E-state index in [9.17, 15) is 4.79 Å². The van der Waals surface area contributed by atoms with E-state index in [0.29, 0.717) is 12.2 Å². The lowest BCUT2D eigenvalue weighted by Gasteiger charge is -1.94. The van der Waals surface area contributed by atoms with Crippen LogP contribution in [0.25, 0.3) is 0 Å². The van der Waals surface area contributed by atoms with Crippen molar-refractivity contribution in [3.05, 3.63) is 18.0 Å². The molecule has 0 atom stereocenters. The topological polar surface area (TPSA) is 52.3 Å². The molecule has 0 N–H and O–H groups in total. The Bertz CT molecular complexity index is 205. The molecule has 0 saturated heterocycles. The van der Waals surface area contributed by atoms with Gasteiger partial charge in [0.2, 0.25) is 0 Å². The van der Waals surface area contributed by atoms with Gasteiger partial charge in [0.15, 0.2) is 0 Å². The van der Waals surface area contributed by atoms with E-state index in [-0.39, 0.29) is 0 Å². The Hall–Kier alpha value is -1.32. The minimum atomic E-state index is -0.399. The van der Waals surface area contributed by atoms with Crippen molar-refractivity contribution in [3.63, 3.8) is 0 Å². The first-order valence-electron chi connectivity index (χ1n) is 2.91. The van der Waals surface area contributed by atoms with Gasteiger partial charge in [-0.1, -0.05) is 5.16 Å². The highest BCUT2D eigenvalue weighted by Crippen LogP contribution is 1.98. The fourth-order valence-electron chi connectivity index (χ4n) is 0.520. The van der Waals surface area contributed by atoms with Gasteiger partial charge >= 0.3 is 5.97 Å². The molecule has 0 radical (unpaired) electrons. The number of nitrogens with zero attached hydrogens (tertiary/aromatic N) is 1. The third-order valence-corrected chi connectivity index (χ3v) is 0.943. The van der Waals surface area contributed by atoms with Crippen molar-refractivity contribution in [2.45, 2.75) is 6.92 Å². The molecule has 0 spiro atoms. The molecule has 0 saturated carbocycles. The third kappa shape index (κ3) is 1.34. The Kier molecular flexibility index (Phi) is 2.04. The van der Waals surface area contributed by atoms with Crippen LogP contribution >= 0.6 is 0 Å². The Morgan fingerprint density at radius 1 is 1.90 bits per heavy atom. The number of ether oxygens (including phenoxy) is 1. The second kappa shape index (κ2) is 3.00. The summed E-state index contributed by atoms with van der Waals surface area (Å²) in [4.78, 5) is 10.8. The predicted octanol–water partition coefficient (Wildman–Crippen LogP) is 0.851. The average molecular weight is 141 g/mol. The minimum Gasteiger partial charge on any atom is -0.462 e. The first-order chi connectivity index (χ1) is 4.84. The number of esters is 1. The molecule has 1 heterocycles. The highest BCUT2D eigenvalue weighted by atomic mass is 16.5. The molecule has 1 aromatic heterocycles. The molecule has 1 rings (SSSR count). The quantitative estimate of drug-likeness (QED) is 0.573. The van der Waals surface area contributed by atoms with Gasteiger partial charge in [-0.05, 0) is 6.92 Å². The average Bonchev–Trinajstić information content (AvgIpc) is 2.38. The Morgan fingerprint density at radius 3 is 3.20 bits per heavy atom. The maximum atomic E-state index is 10.8. The molecule has 0 unspecified atom stereocenters. The molecule has 0 aliphatic rings. The third-order valence-electron chi connectivity index (χ3n) is 0.943. The van der Waals surface area contributed by atoms with E-state index in [4.69, 9.17) is 0 Å². The zero-order valence-electron chi connectivity index (χ0n) is 5.53. The van der Waals surface area contributed by atoms with Crippen LogP contribution in [0.4, 0.5) is 0 Å². The van der Waals surface area contributed by atoms with Crippen molar-refractivity contribution in [1.29, 1.82) is 0 Å². The molecule has 0 fully saturated rings. The number of hydrogen-bond acceptors (Lipinski definition) is 4. The first kappa shape index (κ1) is 6.80. The van der Waals surface area contributed by atoms with Gasteiger partial charge < -0.3 is 9.26 Å². The number of rotatable bonds is 2. The van der Waals surface area contributed by atoms with Gasteiger partial charge in [0.05, 0.1) is 12.8 Å². The lowest BCUT2D eigenvalue weighted by Crippen LogP contribution is -2.02. The van der Waals surface area contributed by atoms with Crippen LogP contribution in [0.5, 0.6) is 0 Å². The summed E-state index contributed by atoms with van der Waals surface area (Å²) in [7, 11) is 0. The van der Waals surface area contributed by atoms with Crippen LogP contribution in [0.2, 0.25) is 0 Å². The molecular weight excluding hydrogens is 134 g/mol. The Labute approximate surface area is 57.8 Å². The molecule has 0 aromatic carbocycles. The molecule has 0 bridgehead atoms. The summed E-state index contributed by atoms with van der Waals surface area (Å²) >= 11 is 0. The van der Waals surface area contributed by atoms with Crippen LogP contribution in [0.3, 0.4) is 0 Å². The standard InChI is InChI=1S/C6H7NO3/c1-2-9-6(8)5-3-7-10-4-5/h3-4H,2H2,1H3. The number of carbonyl (C=O) groups excluding carboxylic acids is 1. The summed E-state index contributed by atoms with van der Waals surface area (Å²) < 4.78 is 9.08. The van der Waals surface area contributed by atoms with Gasteiger partial charge in [0, 0.05) is 0 Å². The molecule has 0 aliphatic heterocycles. The van der Waals surface area contributed by atoms with Crippen LogP contribution in [-0.4, -0.2) is 17.7 Å². The zero-order valence-corrected chi connectivity index (χ0v) is 5.53. The number of hydrogen-bond donors (Lipinski definition) is 0. The molecule has 54 valence electrons. The van der Waals surface area contributed by atoms with E-state index in [1.807, 2.05) is 0 Å². The van der Waals surface area contributed by atoms with Crippen LogP contribution in [0, 0.1) is 0 Å². The van der Waals surface area contributed by atoms with Crippen molar-refractivity contribution >= 4 is 5.97 Å². The van der Waals surface area contributed by atoms with Crippen LogP contribution in [0.15, 0.2) is 17.0 Å². The monoisotopic (exact) mass is 141 g/mol. The molecule has 0 aliphatic carbocycles. The second-order valence-corrected chi connectivity index (χ2v) is 1.63. The van der Waals surface area contributed by atoms with Gasteiger partial charge in [-0.2, -0.15) is 0 Å². The van der Waals surface area contributed by atoms with Crippen molar-refractivity contribution in [1.82, 2.24) is 5.16 Å². The summed E-state index contributed by atoms with van der Waals surface area (Å²) in [6.07, 6.45) is 2.57. The van der Waals surface area contributed by atoms with Gasteiger partial charge in [0.1, 0.15) is 11.8 Å². The Morgan fingerprint density at radius 2 is 2.70 bits per heavy atom. The fraction of sp³-hybridized carbons (Fsp3) is 0.333. The van der Waals surface area contributed by atoms with E-state index >= 15 is 0 Å². The van der Waals surface area contributed by atoms with E-state index in [2.05, 4.69) is 14.4 Å². The largest absolute Gasteiger partial charge is 0.462 e. The van der Waals surface area contributed by atoms with Gasteiger partial charge in [-0.25, -0.2) is 4.79 Å². The fourth-order valence-corrected chi connectivity index (χ4v) is 0.520. The highest BCUT2D eigenvalue weighted by molar-refractivity contribution is 5.88. The van der Waals surface area contributed by atoms with Crippen molar-refractivity contribution < 1.29 is 14.1 Å². The molecule has 0 amide bonds. The molecule has 10 heavy (non-hydrogen) atoms. The molecule has 4 nitrogen and oxygen atoms in total. The van der Waals surface area contributed by atoms with Gasteiger partial charge in [-0.15, -0.1) is 0 Å². The van der Waals surface area contributed by atoms with Crippen LogP contribution in [-0.2, 0) is 4.74 Å². The van der Waals surface area contributed by atoms with Crippen molar-refractivity contribution in [3.8, 4) is 0 Å². The summed E-state index contributed by atoms with van der Waals surface area (Å²) in [5.41, 5.74) is 0.349. The summed E-state index contributed by atoms with van der Waals surface area (Å²) in [5, 5.41) is 3.35. The van der Waals surface area contributed by atoms with Crippen LogP contribution < -0.4 is 0 Å². The van der Waals surface area contributed by atoms with Crippen molar-refractivity contribution in [2.24, 2.45) is 0 Å². The lowest BCUT2D eigenvalue weighted by molar-refractivity contribution is 0.0525. The van der Waals surface area contributed by atoms with Gasteiger partial charge in [-0.3, -0.25) is 0 Å². The normalized spacial score (nSPS) is 9.30. The maximum absolute atomic E-state index is 10.8. The molecule has 4 heteroatoms. The van der Waals surface area contributed by atoms with E-state index in [1.165, 1.54) is 12.5 Å². The summed E-state index contributed by atoms with van der Waals surface area (Å²) in [6.45, 7) is 2.11. The van der Waals surface area contributed by atoms with E-state index < -0.39 is 5.97 Å². The van der Waals surface area contributed by atoms with Gasteiger partial charge in [0.25, 0.3) is 0 Å². The number of aromatic nitrogens is 1. The summed E-state index contributed by atoms with van der Waals surface area (Å²) in [5.74, 6) is -0.399. The predicted molar refractivity (Wildman–Crippen MR) is 32.5 cm³/mol. The smallest absolute Gasteiger partial charge is 0.343 e. The maximum Gasteiger partial charge on any atom is 0.343 e. The Balaban J connectivity index is 2.59. The van der Waals surface area contributed by atoms with Crippen LogP contribution in [0.1, 0.15) is 17.3 Å². The molecule has 1 aromatic rings. The van der Waals surface area contributed by atoms with E-state index in [0.717, 1.165) is 0 Å². The minimum absolute atomic E-state index is 0.349. The van der Waals surface area contributed by atoms with Crippen molar-refractivity contribution in [2.75, 3.05) is 6.61 Å². The SMILES string of the molecule is CCOC(=O)c1cnoc1. The molecular formula is C6H7NO3. The van der Waals surface area contributed by atoms with E-state index in [1.54, 1.807) is 6.92 Å². The number of carbonyl (C=O) groups is 1. The lowest BCUT2D eigenvalue weighted by atomic mass is 10.4. The highest BCUT2D eigenvalue weighted by Gasteiger charge is 2.06. The first-order valence-corrected chi connectivity index (χ1v) is 2.91. The zero-order chi connectivity index (χ0) is 7.40. The second-order valence-electron chi connectivity index (χ2n) is 1.63.